The van der Waals surface area contributed by atoms with Crippen LogP contribution in [0.25, 0.3) is 0 Å². The summed E-state index contributed by atoms with van der Waals surface area (Å²) in [5, 5.41) is 7.89. The molecule has 0 unspecified atom stereocenters. The van der Waals surface area contributed by atoms with Gasteiger partial charge in [0.1, 0.15) is 24.7 Å². The average Bonchev–Trinajstić information content (AvgIpc) is 2.72. The van der Waals surface area contributed by atoms with Gasteiger partial charge in [-0.15, -0.1) is 0 Å². The number of urea groups is 1. The molecule has 0 saturated carbocycles. The molecule has 0 aromatic heterocycles. The second kappa shape index (κ2) is 13.6. The van der Waals surface area contributed by atoms with Crippen molar-refractivity contribution < 1.29 is 14.3 Å². The highest BCUT2D eigenvalue weighted by Gasteiger charge is 2.10. The van der Waals surface area contributed by atoms with E-state index in [9.17, 15) is 4.79 Å². The molecule has 0 spiro atoms. The van der Waals surface area contributed by atoms with Crippen molar-refractivity contribution in [2.45, 2.75) is 0 Å². The molecule has 0 atom stereocenters. The maximum Gasteiger partial charge on any atom is 0.355 e. The molecule has 2 amide bonds. The quantitative estimate of drug-likeness (QED) is 0.169. The third-order valence-electron chi connectivity index (χ3n) is 3.50. The Hall–Kier alpha value is -1.95. The third kappa shape index (κ3) is 8.19. The molecule has 0 radical (unpaired) electrons. The van der Waals surface area contributed by atoms with Crippen LogP contribution >= 0.6 is 63.7 Å². The van der Waals surface area contributed by atoms with E-state index in [1.165, 1.54) is 12.4 Å². The van der Waals surface area contributed by atoms with Gasteiger partial charge in [0.2, 0.25) is 0 Å². The Labute approximate surface area is 219 Å². The average molecular weight is 694 g/mol. The van der Waals surface area contributed by atoms with Crippen LogP contribution in [0.2, 0.25) is 0 Å². The smallest absolute Gasteiger partial charge is 0.355 e. The van der Waals surface area contributed by atoms with Gasteiger partial charge in [0.25, 0.3) is 0 Å². The first-order chi connectivity index (χ1) is 15.3. The van der Waals surface area contributed by atoms with Gasteiger partial charge in [0.15, 0.2) is 0 Å². The van der Waals surface area contributed by atoms with Crippen LogP contribution < -0.4 is 20.3 Å². The van der Waals surface area contributed by atoms with Crippen molar-refractivity contribution in [1.82, 2.24) is 10.9 Å². The van der Waals surface area contributed by atoms with Crippen molar-refractivity contribution in [2.24, 2.45) is 10.2 Å². The summed E-state index contributed by atoms with van der Waals surface area (Å²) < 4.78 is 14.4. The van der Waals surface area contributed by atoms with Crippen LogP contribution in [-0.2, 0) is 0 Å². The number of hydrogen-bond acceptors (Lipinski definition) is 5. The molecule has 0 saturated heterocycles. The van der Waals surface area contributed by atoms with E-state index in [0.717, 1.165) is 17.9 Å². The topological polar surface area (TPSA) is 84.3 Å². The SMILES string of the molecule is C=CCOc1c(Br)cc(Br)cc1/C=N\NC(=O)N/N=C/c1cc(Br)cc(Br)c1OCC=C. The number of rotatable bonds is 10. The number of halogens is 4. The number of hydrazone groups is 2. The maximum absolute atomic E-state index is 12.0. The number of carbonyl (C=O) groups excluding carboxylic acids is 1. The van der Waals surface area contributed by atoms with Gasteiger partial charge in [0, 0.05) is 20.1 Å². The van der Waals surface area contributed by atoms with Gasteiger partial charge >= 0.3 is 6.03 Å². The third-order valence-corrected chi connectivity index (χ3v) is 5.60. The van der Waals surface area contributed by atoms with E-state index >= 15 is 0 Å². The summed E-state index contributed by atoms with van der Waals surface area (Å²) >= 11 is 13.7. The molecular formula is C21H18Br4N4O3. The molecule has 2 aromatic carbocycles. The lowest BCUT2D eigenvalue weighted by atomic mass is 10.2. The van der Waals surface area contributed by atoms with Gasteiger partial charge in [-0.25, -0.2) is 15.6 Å². The van der Waals surface area contributed by atoms with E-state index in [1.807, 2.05) is 12.1 Å². The highest BCUT2D eigenvalue weighted by Crippen LogP contribution is 2.33. The molecule has 0 fully saturated rings. The zero-order chi connectivity index (χ0) is 23.5. The first kappa shape index (κ1) is 26.3. The van der Waals surface area contributed by atoms with Crippen LogP contribution in [0.15, 0.2) is 77.7 Å². The van der Waals surface area contributed by atoms with Gasteiger partial charge in [-0.3, -0.25) is 0 Å². The van der Waals surface area contributed by atoms with Crippen LogP contribution in [0.4, 0.5) is 4.79 Å². The highest BCUT2D eigenvalue weighted by molar-refractivity contribution is 9.11. The van der Waals surface area contributed by atoms with Crippen molar-refractivity contribution in [3.63, 3.8) is 0 Å². The normalized spacial score (nSPS) is 10.9. The van der Waals surface area contributed by atoms with Crippen molar-refractivity contribution in [2.75, 3.05) is 13.2 Å². The monoisotopic (exact) mass is 690 g/mol. The summed E-state index contributed by atoms with van der Waals surface area (Å²) in [4.78, 5) is 12.0. The molecule has 0 aliphatic rings. The van der Waals surface area contributed by atoms with Crippen LogP contribution in [0.5, 0.6) is 11.5 Å². The number of nitrogens with one attached hydrogen (secondary N) is 2. The molecule has 0 bridgehead atoms. The molecule has 168 valence electrons. The number of nitrogens with zero attached hydrogens (tertiary/aromatic N) is 2. The Morgan fingerprint density at radius 2 is 1.22 bits per heavy atom. The summed E-state index contributed by atoms with van der Waals surface area (Å²) in [7, 11) is 0. The van der Waals surface area contributed by atoms with Gasteiger partial charge in [-0.05, 0) is 56.1 Å². The standard InChI is InChI=1S/C21H18Br4N4O3/c1-3-5-31-19-13(7-15(22)9-17(19)24)11-26-28-21(30)29-27-12-14-8-16(23)10-18(25)20(14)32-6-4-2/h3-4,7-12H,1-2,5-6H2,(H2,28,29,30)/b26-11-,27-12+. The van der Waals surface area contributed by atoms with Gasteiger partial charge in [0.05, 0.1) is 21.4 Å². The lowest BCUT2D eigenvalue weighted by Crippen LogP contribution is -2.28. The predicted octanol–water partition coefficient (Wildman–Crippen LogP) is 6.53. The largest absolute Gasteiger partial charge is 0.488 e. The Morgan fingerprint density at radius 3 is 1.59 bits per heavy atom. The highest BCUT2D eigenvalue weighted by atomic mass is 79.9. The Bertz CT molecular complexity index is 976. The first-order valence-corrected chi connectivity index (χ1v) is 12.1. The molecule has 2 rings (SSSR count). The van der Waals surface area contributed by atoms with Crippen molar-refractivity contribution in [3.05, 3.63) is 78.6 Å². The minimum absolute atomic E-state index is 0.327. The summed E-state index contributed by atoms with van der Waals surface area (Å²) in [6, 6.07) is 6.68. The van der Waals surface area contributed by atoms with Crippen molar-refractivity contribution in [1.29, 1.82) is 0 Å². The second-order valence-electron chi connectivity index (χ2n) is 5.88. The Balaban J connectivity index is 2.04. The summed E-state index contributed by atoms with van der Waals surface area (Å²) in [6.07, 6.45) is 6.20. The lowest BCUT2D eigenvalue weighted by molar-refractivity contribution is 0.242. The minimum atomic E-state index is -0.622. The van der Waals surface area contributed by atoms with Gasteiger partial charge in [-0.1, -0.05) is 57.2 Å². The molecule has 2 N–H and O–H groups in total. The molecule has 2 aromatic rings. The number of ether oxygens (including phenoxy) is 2. The van der Waals surface area contributed by atoms with Crippen LogP contribution in [0.1, 0.15) is 11.1 Å². The number of amides is 2. The van der Waals surface area contributed by atoms with Gasteiger partial charge in [-0.2, -0.15) is 10.2 Å². The van der Waals surface area contributed by atoms with Crippen LogP contribution in [0.3, 0.4) is 0 Å². The van der Waals surface area contributed by atoms with Crippen molar-refractivity contribution >= 4 is 82.2 Å². The van der Waals surface area contributed by atoms with E-state index in [1.54, 1.807) is 24.3 Å². The predicted molar refractivity (Wildman–Crippen MR) is 142 cm³/mol. The molecule has 0 aliphatic carbocycles. The van der Waals surface area contributed by atoms with E-state index in [4.69, 9.17) is 9.47 Å². The summed E-state index contributed by atoms with van der Waals surface area (Å²) in [5.74, 6) is 1.15. The van der Waals surface area contributed by atoms with Crippen molar-refractivity contribution in [3.8, 4) is 11.5 Å². The van der Waals surface area contributed by atoms with E-state index in [0.29, 0.717) is 35.8 Å². The second-order valence-corrected chi connectivity index (χ2v) is 9.42. The molecule has 0 heterocycles. The molecule has 7 nitrogen and oxygen atoms in total. The number of hydrogen-bond donors (Lipinski definition) is 2. The first-order valence-electron chi connectivity index (χ1n) is 8.93. The minimum Gasteiger partial charge on any atom is -0.488 e. The maximum atomic E-state index is 12.0. The number of carbonyl (C=O) groups is 1. The Kier molecular flexibility index (Phi) is 11.1. The fraction of sp³-hybridized carbons (Fsp3) is 0.0952. The summed E-state index contributed by atoms with van der Waals surface area (Å²) in [5.41, 5.74) is 6.00. The number of benzene rings is 2. The van der Waals surface area contributed by atoms with Gasteiger partial charge < -0.3 is 9.47 Å². The summed E-state index contributed by atoms with van der Waals surface area (Å²) in [6.45, 7) is 7.93. The van der Waals surface area contributed by atoms with E-state index in [-0.39, 0.29) is 0 Å². The van der Waals surface area contributed by atoms with Crippen LogP contribution in [-0.4, -0.2) is 31.7 Å². The molecule has 0 aliphatic heterocycles. The molecular weight excluding hydrogens is 676 g/mol. The Morgan fingerprint density at radius 1 is 0.812 bits per heavy atom. The fourth-order valence-corrected chi connectivity index (χ4v) is 5.03. The zero-order valence-electron chi connectivity index (χ0n) is 16.6. The van der Waals surface area contributed by atoms with Crippen LogP contribution in [0, 0.1) is 0 Å². The zero-order valence-corrected chi connectivity index (χ0v) is 22.9. The lowest BCUT2D eigenvalue weighted by Gasteiger charge is -2.10. The fourth-order valence-electron chi connectivity index (χ4n) is 2.29. The van der Waals surface area contributed by atoms with E-state index < -0.39 is 6.03 Å². The van der Waals surface area contributed by atoms with E-state index in [2.05, 4.69) is 97.9 Å². The molecule has 11 heteroatoms. The molecule has 32 heavy (non-hydrogen) atoms.